The molecular weight excluding hydrogens is 500 g/mol. The highest BCUT2D eigenvalue weighted by atomic mass is 16.5. The van der Waals surface area contributed by atoms with Crippen molar-refractivity contribution in [1.82, 2.24) is 15.2 Å². The first-order valence-corrected chi connectivity index (χ1v) is 13.5. The molecule has 4 atom stereocenters. The largest absolute Gasteiger partial charge is 0.470 e. The quantitative estimate of drug-likeness (QED) is 0.572. The lowest BCUT2D eigenvalue weighted by molar-refractivity contribution is -0.155. The number of hydrogen-bond acceptors (Lipinski definition) is 8. The minimum absolute atomic E-state index is 0.0435. The molecule has 4 rings (SSSR count). The van der Waals surface area contributed by atoms with Gasteiger partial charge in [0, 0.05) is 18.0 Å². The first-order chi connectivity index (χ1) is 18.6. The van der Waals surface area contributed by atoms with Crippen molar-refractivity contribution in [3.8, 4) is 11.9 Å². The van der Waals surface area contributed by atoms with Gasteiger partial charge < -0.3 is 24.4 Å². The third-order valence-corrected chi connectivity index (χ3v) is 7.16. The predicted molar refractivity (Wildman–Crippen MR) is 143 cm³/mol. The van der Waals surface area contributed by atoms with Gasteiger partial charge in [-0.1, -0.05) is 32.9 Å². The Labute approximate surface area is 228 Å². The Kier molecular flexibility index (Phi) is 8.58. The van der Waals surface area contributed by atoms with Crippen LogP contribution in [0.15, 0.2) is 30.5 Å². The van der Waals surface area contributed by atoms with Gasteiger partial charge in [0.05, 0.1) is 19.3 Å². The van der Waals surface area contributed by atoms with E-state index in [0.29, 0.717) is 12.3 Å². The van der Waals surface area contributed by atoms with Gasteiger partial charge in [-0.3, -0.25) is 4.79 Å². The van der Waals surface area contributed by atoms with Crippen molar-refractivity contribution in [3.05, 3.63) is 36.0 Å². The van der Waals surface area contributed by atoms with Gasteiger partial charge in [-0.05, 0) is 61.1 Å². The van der Waals surface area contributed by atoms with E-state index in [4.69, 9.17) is 14.2 Å². The van der Waals surface area contributed by atoms with Gasteiger partial charge in [-0.25, -0.2) is 14.6 Å². The fourth-order valence-corrected chi connectivity index (χ4v) is 5.14. The predicted octanol–water partition coefficient (Wildman–Crippen LogP) is 3.91. The lowest BCUT2D eigenvalue weighted by atomic mass is 9.85. The van der Waals surface area contributed by atoms with Gasteiger partial charge in [0.1, 0.15) is 18.2 Å². The van der Waals surface area contributed by atoms with Crippen LogP contribution in [-0.4, -0.2) is 65.3 Å². The van der Waals surface area contributed by atoms with Crippen LogP contribution in [0, 0.1) is 16.7 Å². The zero-order chi connectivity index (χ0) is 28.2. The Bertz CT molecular complexity index is 1270. The van der Waals surface area contributed by atoms with Crippen LogP contribution in [0.5, 0.6) is 5.88 Å². The maximum atomic E-state index is 14.0. The fourth-order valence-electron chi connectivity index (χ4n) is 5.14. The van der Waals surface area contributed by atoms with Crippen molar-refractivity contribution < 1.29 is 28.6 Å². The van der Waals surface area contributed by atoms with E-state index in [1.54, 1.807) is 33.9 Å². The normalized spacial score (nSPS) is 24.6. The van der Waals surface area contributed by atoms with E-state index in [1.165, 1.54) is 4.90 Å². The Morgan fingerprint density at radius 3 is 2.74 bits per heavy atom. The molecule has 2 amide bonds. The average Bonchev–Trinajstić information content (AvgIpc) is 3.26. The zero-order valence-corrected chi connectivity index (χ0v) is 22.9. The van der Waals surface area contributed by atoms with Crippen LogP contribution < -0.4 is 10.1 Å². The molecule has 39 heavy (non-hydrogen) atoms. The van der Waals surface area contributed by atoms with Crippen LogP contribution in [0.1, 0.15) is 58.9 Å². The summed E-state index contributed by atoms with van der Waals surface area (Å²) in [5.41, 5.74) is 0.362. The Hall–Kier alpha value is -3.87. The number of aryl methyl sites for hydroxylation is 1. The molecule has 0 aliphatic carbocycles. The van der Waals surface area contributed by atoms with E-state index in [0.717, 1.165) is 35.6 Å². The molecule has 1 fully saturated rings. The van der Waals surface area contributed by atoms with Crippen LogP contribution in [0.25, 0.3) is 10.8 Å². The smallest absolute Gasteiger partial charge is 0.407 e. The van der Waals surface area contributed by atoms with Crippen LogP contribution in [-0.2, 0) is 25.5 Å². The van der Waals surface area contributed by atoms with Crippen molar-refractivity contribution in [3.63, 3.8) is 0 Å². The van der Waals surface area contributed by atoms with Crippen molar-refractivity contribution >= 4 is 28.7 Å². The topological polar surface area (TPSA) is 131 Å². The molecule has 1 saturated heterocycles. The number of hydrogen-bond donors (Lipinski definition) is 1. The van der Waals surface area contributed by atoms with E-state index >= 15 is 0 Å². The van der Waals surface area contributed by atoms with E-state index in [9.17, 15) is 19.6 Å². The number of carbonyl (C=O) groups is 3. The zero-order valence-electron chi connectivity index (χ0n) is 22.9. The van der Waals surface area contributed by atoms with Crippen LogP contribution in [0.2, 0.25) is 0 Å². The maximum absolute atomic E-state index is 14.0. The second-order valence-corrected chi connectivity index (χ2v) is 11.0. The molecule has 0 radical (unpaired) electrons. The second kappa shape index (κ2) is 11.9. The molecule has 2 aromatic rings. The van der Waals surface area contributed by atoms with E-state index < -0.39 is 47.6 Å². The summed E-state index contributed by atoms with van der Waals surface area (Å²) in [6.45, 7) is 7.39. The Morgan fingerprint density at radius 2 is 2.03 bits per heavy atom. The standard InChI is InChI=1S/C29H36N4O6/c1-5-37-27(35)21-16-23-22(17-30)33(21)26(34)24(29(2,3)4)32-28(36)38-14-8-6-7-9-18-10-11-19-12-13-31-25(39-23)20(19)15-18/h10-13,15,21-24H,5-9,14,16H2,1-4H3,(H,32,36)/t21-,22+,23-,24+/m0/s1. The van der Waals surface area contributed by atoms with Gasteiger partial charge in [0.25, 0.3) is 0 Å². The van der Waals surface area contributed by atoms with Crippen LogP contribution >= 0.6 is 0 Å². The van der Waals surface area contributed by atoms with Gasteiger partial charge in [0.2, 0.25) is 11.8 Å². The number of ether oxygens (including phenoxy) is 3. The molecule has 4 bridgehead atoms. The van der Waals surface area contributed by atoms with Crippen molar-refractivity contribution in [2.45, 2.75) is 84.0 Å². The molecule has 3 heterocycles. The van der Waals surface area contributed by atoms with E-state index in [1.807, 2.05) is 18.2 Å². The number of nitrogens with zero attached hydrogens (tertiary/aromatic N) is 3. The van der Waals surface area contributed by atoms with Gasteiger partial charge in [0.15, 0.2) is 6.04 Å². The number of esters is 1. The lowest BCUT2D eigenvalue weighted by Crippen LogP contribution is -2.59. The fraction of sp³-hybridized carbons (Fsp3) is 0.552. The van der Waals surface area contributed by atoms with Crippen LogP contribution in [0.4, 0.5) is 4.79 Å². The summed E-state index contributed by atoms with van der Waals surface area (Å²) in [4.78, 5) is 45.4. The minimum Gasteiger partial charge on any atom is -0.470 e. The summed E-state index contributed by atoms with van der Waals surface area (Å²) in [5.74, 6) is -0.873. The van der Waals surface area contributed by atoms with Gasteiger partial charge >= 0.3 is 12.1 Å². The van der Waals surface area contributed by atoms with E-state index in [2.05, 4.69) is 22.4 Å². The summed E-state index contributed by atoms with van der Waals surface area (Å²) in [7, 11) is 0. The summed E-state index contributed by atoms with van der Waals surface area (Å²) < 4.78 is 17.0. The third kappa shape index (κ3) is 6.24. The van der Waals surface area contributed by atoms with Gasteiger partial charge in [-0.15, -0.1) is 0 Å². The van der Waals surface area contributed by atoms with Gasteiger partial charge in [-0.2, -0.15) is 5.26 Å². The molecule has 1 N–H and O–H groups in total. The molecule has 10 heteroatoms. The molecule has 1 aromatic heterocycles. The average molecular weight is 537 g/mol. The Morgan fingerprint density at radius 1 is 1.23 bits per heavy atom. The van der Waals surface area contributed by atoms with Crippen molar-refractivity contribution in [2.24, 2.45) is 5.41 Å². The summed E-state index contributed by atoms with van der Waals surface area (Å²) in [5, 5.41) is 14.7. The molecule has 0 spiro atoms. The Balaban J connectivity index is 1.79. The highest BCUT2D eigenvalue weighted by molar-refractivity contribution is 5.92. The minimum atomic E-state index is -1.12. The number of nitrogens with one attached hydrogen (secondary N) is 1. The van der Waals surface area contributed by atoms with E-state index in [-0.39, 0.29) is 19.6 Å². The summed E-state index contributed by atoms with van der Waals surface area (Å²) >= 11 is 0. The molecule has 2 aliphatic rings. The second-order valence-electron chi connectivity index (χ2n) is 11.0. The molecule has 2 aliphatic heterocycles. The summed E-state index contributed by atoms with van der Waals surface area (Å²) in [6, 6.07) is 6.91. The lowest BCUT2D eigenvalue weighted by Gasteiger charge is -2.36. The molecule has 10 nitrogen and oxygen atoms in total. The highest BCUT2D eigenvalue weighted by Gasteiger charge is 2.52. The number of aromatic nitrogens is 1. The summed E-state index contributed by atoms with van der Waals surface area (Å²) in [6.07, 6.45) is 3.40. The molecule has 1 aromatic carbocycles. The SMILES string of the molecule is CCOC(=O)[C@@H]1C[C@@H]2Oc3nccc4ccc(cc34)CCCCCOC(=O)N[C@@H](C(C)(C)C)C(=O)N1[C@@H]2C#N. The van der Waals surface area contributed by atoms with Crippen molar-refractivity contribution in [1.29, 1.82) is 5.26 Å². The number of nitriles is 1. The number of fused-ring (bicyclic) bond motifs is 3. The van der Waals surface area contributed by atoms with Crippen molar-refractivity contribution in [2.75, 3.05) is 13.2 Å². The molecular formula is C29H36N4O6. The number of rotatable bonds is 2. The maximum Gasteiger partial charge on any atom is 0.407 e. The first kappa shape index (κ1) is 28.1. The number of alkyl carbamates (subject to hydrolysis) is 1. The number of amides is 2. The molecule has 0 saturated carbocycles. The van der Waals surface area contributed by atoms with Crippen LogP contribution in [0.3, 0.4) is 0 Å². The third-order valence-electron chi connectivity index (χ3n) is 7.16. The monoisotopic (exact) mass is 536 g/mol. The molecule has 208 valence electrons. The number of carbonyl (C=O) groups excluding carboxylic acids is 3. The first-order valence-electron chi connectivity index (χ1n) is 13.5. The number of cyclic esters (lactones) is 1. The number of pyridine rings is 1. The molecule has 0 unspecified atom stereocenters. The number of benzene rings is 1. The highest BCUT2D eigenvalue weighted by Crippen LogP contribution is 2.34.